The van der Waals surface area contributed by atoms with Gasteiger partial charge in [-0.05, 0) is 50.5 Å². The average molecular weight is 521 g/mol. The lowest BCUT2D eigenvalue weighted by Gasteiger charge is -2.44. The van der Waals surface area contributed by atoms with Crippen LogP contribution in [0.25, 0.3) is 11.3 Å². The van der Waals surface area contributed by atoms with E-state index in [9.17, 15) is 13.9 Å². The number of hydrogen-bond donors (Lipinski definition) is 2. The summed E-state index contributed by atoms with van der Waals surface area (Å²) in [5.41, 5.74) is 8.14. The number of aromatic hydroxyl groups is 1. The van der Waals surface area contributed by atoms with Gasteiger partial charge in [-0.3, -0.25) is 4.90 Å². The number of nitrogens with zero attached hydrogens (tertiary/aromatic N) is 7. The number of aromatic nitrogens is 4. The zero-order chi connectivity index (χ0) is 26.9. The van der Waals surface area contributed by atoms with Crippen LogP contribution in [0.3, 0.4) is 0 Å². The van der Waals surface area contributed by atoms with Gasteiger partial charge in [-0.15, -0.1) is 10.2 Å². The molecule has 0 radical (unpaired) electrons. The highest BCUT2D eigenvalue weighted by Crippen LogP contribution is 2.34. The third-order valence-corrected chi connectivity index (χ3v) is 7.27. The molecule has 1 aromatic carbocycles. The lowest BCUT2D eigenvalue weighted by molar-refractivity contribution is -0.171. The van der Waals surface area contributed by atoms with Gasteiger partial charge >= 0.3 is 0 Å². The topological polar surface area (TPSA) is 108 Å². The predicted octanol–water partition coefficient (Wildman–Crippen LogP) is 3.02. The van der Waals surface area contributed by atoms with E-state index in [2.05, 4.69) is 48.7 Å². The molecule has 0 aliphatic carbocycles. The second kappa shape index (κ2) is 10.4. The number of likely N-dealkylation sites (tertiary alicyclic amines) is 1. The Balaban J connectivity index is 1.29. The molecular weight excluding hydrogens is 490 g/mol. The molecule has 0 unspecified atom stereocenters. The fourth-order valence-corrected chi connectivity index (χ4v) is 4.78. The van der Waals surface area contributed by atoms with E-state index in [1.54, 1.807) is 29.3 Å². The number of nitrogens with two attached hydrogens (primary N) is 1. The van der Waals surface area contributed by atoms with E-state index < -0.39 is 12.0 Å². The summed E-state index contributed by atoms with van der Waals surface area (Å²) in [6.45, 7) is 5.74. The smallest absolute Gasteiger partial charge is 0.275 e. The van der Waals surface area contributed by atoms with Crippen LogP contribution in [0.15, 0.2) is 42.6 Å². The van der Waals surface area contributed by atoms with E-state index in [-0.39, 0.29) is 24.9 Å². The second-order valence-corrected chi connectivity index (χ2v) is 9.72. The first kappa shape index (κ1) is 25.6. The van der Waals surface area contributed by atoms with Gasteiger partial charge in [0.05, 0.1) is 30.5 Å². The Labute approximate surface area is 220 Å². The van der Waals surface area contributed by atoms with Gasteiger partial charge in [0.1, 0.15) is 11.6 Å². The van der Waals surface area contributed by atoms with Gasteiger partial charge in [0.2, 0.25) is 5.82 Å². The zero-order valence-corrected chi connectivity index (χ0v) is 21.3. The van der Waals surface area contributed by atoms with Crippen LogP contribution in [-0.2, 0) is 0 Å². The third-order valence-electron chi connectivity index (χ3n) is 7.27. The average Bonchev–Trinajstić information content (AvgIpc) is 3.10. The molecule has 2 saturated heterocycles. The summed E-state index contributed by atoms with van der Waals surface area (Å²) in [5.74, 6) is 4.80. The molecule has 2 aliphatic heterocycles. The van der Waals surface area contributed by atoms with Gasteiger partial charge in [-0.2, -0.15) is 0 Å². The minimum Gasteiger partial charge on any atom is -0.507 e. The van der Waals surface area contributed by atoms with Gasteiger partial charge in [0.15, 0.2) is 5.82 Å². The van der Waals surface area contributed by atoms with Crippen molar-refractivity contribution in [2.75, 3.05) is 48.3 Å². The fourth-order valence-electron chi connectivity index (χ4n) is 4.78. The van der Waals surface area contributed by atoms with E-state index in [4.69, 9.17) is 5.73 Å². The number of anilines is 3. The Bertz CT molecular complexity index is 1370. The maximum Gasteiger partial charge on any atom is 0.275 e. The van der Waals surface area contributed by atoms with E-state index in [1.165, 1.54) is 6.92 Å². The van der Waals surface area contributed by atoms with Gasteiger partial charge in [0, 0.05) is 37.4 Å². The summed E-state index contributed by atoms with van der Waals surface area (Å²) in [7, 11) is 0. The number of phenols is 1. The maximum atomic E-state index is 13.4. The van der Waals surface area contributed by atoms with Crippen LogP contribution in [0.2, 0.25) is 0 Å². The molecule has 3 aromatic rings. The van der Waals surface area contributed by atoms with E-state index in [0.29, 0.717) is 36.0 Å². The molecule has 2 aliphatic rings. The minimum absolute atomic E-state index is 0.133. The molecule has 198 valence electrons. The molecule has 4 heterocycles. The molecule has 38 heavy (non-hydrogen) atoms. The highest BCUT2D eigenvalue weighted by molar-refractivity contribution is 5.74. The zero-order valence-electron chi connectivity index (χ0n) is 21.3. The van der Waals surface area contributed by atoms with Crippen LogP contribution in [0.5, 0.6) is 5.75 Å². The molecule has 0 bridgehead atoms. The first-order chi connectivity index (χ1) is 18.2. The number of para-hydroxylation sites is 1. The van der Waals surface area contributed by atoms with E-state index in [1.807, 2.05) is 18.2 Å². The molecule has 5 rings (SSSR count). The summed E-state index contributed by atoms with van der Waals surface area (Å²) in [6, 6.07) is 10.1. The van der Waals surface area contributed by atoms with Crippen molar-refractivity contribution in [2.24, 2.45) is 0 Å². The Hall–Kier alpha value is -4.04. The molecule has 9 nitrogen and oxygen atoms in total. The molecule has 0 saturated carbocycles. The first-order valence-corrected chi connectivity index (χ1v) is 12.6. The summed E-state index contributed by atoms with van der Waals surface area (Å²) < 4.78 is 26.8. The summed E-state index contributed by atoms with van der Waals surface area (Å²) in [4.78, 5) is 14.9. The molecule has 0 amide bonds. The number of benzene rings is 1. The van der Waals surface area contributed by atoms with Crippen LogP contribution in [0, 0.1) is 11.8 Å². The molecule has 2 atom stereocenters. The number of phenolic OH excluding ortho intramolecular Hbond substituents is 1. The van der Waals surface area contributed by atoms with Crippen LogP contribution in [0.1, 0.15) is 26.1 Å². The highest BCUT2D eigenvalue weighted by atomic mass is 19.3. The lowest BCUT2D eigenvalue weighted by Crippen LogP contribution is -2.63. The molecule has 3 N–H and O–H groups in total. The van der Waals surface area contributed by atoms with Crippen molar-refractivity contribution >= 4 is 17.3 Å². The minimum atomic E-state index is -2.64. The monoisotopic (exact) mass is 520 g/mol. The largest absolute Gasteiger partial charge is 0.507 e. The van der Waals surface area contributed by atoms with Crippen molar-refractivity contribution < 1.29 is 13.9 Å². The van der Waals surface area contributed by atoms with Crippen LogP contribution in [-0.4, -0.2) is 80.9 Å². The van der Waals surface area contributed by atoms with Crippen LogP contribution in [0.4, 0.5) is 26.1 Å². The highest BCUT2D eigenvalue weighted by Gasteiger charge is 2.51. The fraction of sp³-hybridized carbons (Fsp3) is 0.407. The number of rotatable bonds is 4. The van der Waals surface area contributed by atoms with Crippen molar-refractivity contribution in [1.82, 2.24) is 25.1 Å². The number of halogens is 2. The Morgan fingerprint density at radius 3 is 2.71 bits per heavy atom. The summed E-state index contributed by atoms with van der Waals surface area (Å²) in [6.07, 6.45) is 2.52. The molecular formula is C27H30F2N8O. The molecule has 2 aromatic heterocycles. The maximum absolute atomic E-state index is 13.4. The Morgan fingerprint density at radius 1 is 1.13 bits per heavy atom. The van der Waals surface area contributed by atoms with Gasteiger partial charge < -0.3 is 20.6 Å². The van der Waals surface area contributed by atoms with Crippen molar-refractivity contribution in [3.63, 3.8) is 0 Å². The third kappa shape index (κ3) is 5.17. The summed E-state index contributed by atoms with van der Waals surface area (Å²) in [5, 5.41) is 18.6. The molecule has 0 spiro atoms. The van der Waals surface area contributed by atoms with Crippen molar-refractivity contribution in [1.29, 1.82) is 0 Å². The van der Waals surface area contributed by atoms with Crippen LogP contribution < -0.4 is 15.5 Å². The van der Waals surface area contributed by atoms with Crippen molar-refractivity contribution in [3.05, 3.63) is 48.4 Å². The van der Waals surface area contributed by atoms with Crippen molar-refractivity contribution in [2.45, 2.75) is 38.3 Å². The summed E-state index contributed by atoms with van der Waals surface area (Å²) >= 11 is 0. The quantitative estimate of drug-likeness (QED) is 0.502. The Morgan fingerprint density at radius 2 is 1.95 bits per heavy atom. The standard InChI is InChI=1S/C27H30F2N8O/c1-18-10-13-35(22-16-21(33-34-26(22)30)20-6-3-4-7-23(20)38)14-15-37(18)25-9-11-31-24(32-25)8-5-12-36-17-27(28,29)19(36)2/h3-4,6-7,9,11,16,18-19,38H,10,12-15,17H2,1-2H3,(H2,30,34)/t18-,19-/m0/s1. The lowest BCUT2D eigenvalue weighted by atomic mass is 10.0. The van der Waals surface area contributed by atoms with Gasteiger partial charge in [0.25, 0.3) is 5.92 Å². The second-order valence-electron chi connectivity index (χ2n) is 9.72. The Kier molecular flexibility index (Phi) is 6.99. The van der Waals surface area contributed by atoms with E-state index >= 15 is 0 Å². The van der Waals surface area contributed by atoms with Gasteiger partial charge in [-0.25, -0.2) is 18.7 Å². The van der Waals surface area contributed by atoms with Crippen LogP contribution >= 0.6 is 0 Å². The van der Waals surface area contributed by atoms with E-state index in [0.717, 1.165) is 24.5 Å². The normalized spacial score (nSPS) is 21.3. The SMILES string of the molecule is C[C@@H]1N(CC#Cc2nccc(N3CCN(c4cc(-c5ccccc5O)nnc4N)CC[C@@H]3C)n2)CC1(F)F. The first-order valence-electron chi connectivity index (χ1n) is 12.6. The number of hydrogen-bond acceptors (Lipinski definition) is 9. The molecule has 2 fully saturated rings. The van der Waals surface area contributed by atoms with Crippen molar-refractivity contribution in [3.8, 4) is 28.8 Å². The predicted molar refractivity (Wildman–Crippen MR) is 142 cm³/mol. The van der Waals surface area contributed by atoms with Gasteiger partial charge in [-0.1, -0.05) is 18.1 Å². The molecule has 11 heteroatoms. The number of nitrogen functional groups attached to an aromatic ring is 1. The number of alkyl halides is 2.